The number of alkyl halides is 1. The van der Waals surface area contributed by atoms with E-state index in [0.717, 1.165) is 12.8 Å². The lowest BCUT2D eigenvalue weighted by Crippen LogP contribution is -2.37. The highest BCUT2D eigenvalue weighted by Gasteiger charge is 2.38. The maximum Gasteiger partial charge on any atom is 0.319 e. The van der Waals surface area contributed by atoms with Crippen LogP contribution in [0.1, 0.15) is 39.0 Å². The number of carboxylic acid groups (broad SMARTS) is 1. The molecule has 0 saturated heterocycles. The number of aliphatic carboxylic acids is 1. The highest BCUT2D eigenvalue weighted by molar-refractivity contribution is 14.1. The predicted octanol–water partition coefficient (Wildman–Crippen LogP) is 2.85. The SMILES string of the molecule is CC(I)(C(=O)O)C1CCCCC1. The zero-order valence-corrected chi connectivity index (χ0v) is 9.50. The maximum atomic E-state index is 10.9. The molecule has 0 aromatic carbocycles. The summed E-state index contributed by atoms with van der Waals surface area (Å²) in [5.74, 6) is -0.278. The fraction of sp³-hybridized carbons (Fsp3) is 0.889. The summed E-state index contributed by atoms with van der Waals surface area (Å²) in [5.41, 5.74) is 0. The maximum absolute atomic E-state index is 10.9. The van der Waals surface area contributed by atoms with E-state index in [1.807, 2.05) is 6.92 Å². The van der Waals surface area contributed by atoms with Gasteiger partial charge in [-0.1, -0.05) is 41.9 Å². The van der Waals surface area contributed by atoms with Crippen LogP contribution in [0, 0.1) is 5.92 Å². The fourth-order valence-electron chi connectivity index (χ4n) is 1.82. The molecule has 0 bridgehead atoms. The topological polar surface area (TPSA) is 37.3 Å². The Bertz CT molecular complexity index is 171. The molecule has 12 heavy (non-hydrogen) atoms. The number of carbonyl (C=O) groups is 1. The van der Waals surface area contributed by atoms with E-state index in [-0.39, 0.29) is 0 Å². The van der Waals surface area contributed by atoms with Crippen molar-refractivity contribution in [3.63, 3.8) is 0 Å². The first kappa shape index (κ1) is 10.3. The molecule has 0 heterocycles. The number of rotatable bonds is 2. The molecule has 1 fully saturated rings. The van der Waals surface area contributed by atoms with Gasteiger partial charge in [0.05, 0.1) is 0 Å². The van der Waals surface area contributed by atoms with Crippen molar-refractivity contribution < 1.29 is 9.90 Å². The van der Waals surface area contributed by atoms with Crippen molar-refractivity contribution in [2.45, 2.75) is 42.4 Å². The Morgan fingerprint density at radius 3 is 2.33 bits per heavy atom. The van der Waals surface area contributed by atoms with Gasteiger partial charge in [0.15, 0.2) is 0 Å². The second kappa shape index (κ2) is 3.94. The molecular formula is C9H15IO2. The number of halogens is 1. The summed E-state index contributed by atoms with van der Waals surface area (Å²) in [5, 5.41) is 8.99. The van der Waals surface area contributed by atoms with Gasteiger partial charge in [-0.2, -0.15) is 0 Å². The minimum absolute atomic E-state index is 0.379. The quantitative estimate of drug-likeness (QED) is 0.624. The first-order valence-electron chi connectivity index (χ1n) is 4.47. The van der Waals surface area contributed by atoms with E-state index in [0.29, 0.717) is 5.92 Å². The molecule has 3 heteroatoms. The molecule has 0 aromatic rings. The van der Waals surface area contributed by atoms with Crippen LogP contribution in [-0.4, -0.2) is 14.5 Å². The third kappa shape index (κ3) is 2.12. The zero-order chi connectivity index (χ0) is 9.19. The highest BCUT2D eigenvalue weighted by Crippen LogP contribution is 2.38. The standard InChI is InChI=1S/C9H15IO2/c1-9(10,8(11)12)7-5-3-2-4-6-7/h7H,2-6H2,1H3,(H,11,12). The molecule has 1 N–H and O–H groups in total. The second-order valence-corrected chi connectivity index (χ2v) is 5.96. The zero-order valence-electron chi connectivity index (χ0n) is 7.35. The lowest BCUT2D eigenvalue weighted by Gasteiger charge is -2.31. The van der Waals surface area contributed by atoms with Crippen LogP contribution in [0.5, 0.6) is 0 Å². The summed E-state index contributed by atoms with van der Waals surface area (Å²) in [4.78, 5) is 10.9. The van der Waals surface area contributed by atoms with E-state index in [2.05, 4.69) is 22.6 Å². The molecular weight excluding hydrogens is 267 g/mol. The smallest absolute Gasteiger partial charge is 0.319 e. The van der Waals surface area contributed by atoms with Crippen molar-refractivity contribution in [3.05, 3.63) is 0 Å². The monoisotopic (exact) mass is 282 g/mol. The number of carboxylic acids is 1. The fourth-order valence-corrected chi connectivity index (χ4v) is 2.44. The minimum atomic E-state index is -0.657. The van der Waals surface area contributed by atoms with E-state index in [9.17, 15) is 4.79 Å². The van der Waals surface area contributed by atoms with Gasteiger partial charge in [0.25, 0.3) is 0 Å². The van der Waals surface area contributed by atoms with Crippen molar-refractivity contribution in [2.75, 3.05) is 0 Å². The third-order valence-corrected chi connectivity index (χ3v) is 4.13. The molecule has 1 rings (SSSR count). The lowest BCUT2D eigenvalue weighted by atomic mass is 9.81. The van der Waals surface area contributed by atoms with E-state index in [1.165, 1.54) is 19.3 Å². The van der Waals surface area contributed by atoms with Crippen LogP contribution in [0.3, 0.4) is 0 Å². The Balaban J connectivity index is 2.59. The van der Waals surface area contributed by atoms with Crippen molar-refractivity contribution in [3.8, 4) is 0 Å². The van der Waals surface area contributed by atoms with Gasteiger partial charge in [-0.25, -0.2) is 0 Å². The Labute approximate surface area is 86.9 Å². The summed E-state index contributed by atoms with van der Waals surface area (Å²) < 4.78 is -0.543. The molecule has 2 nitrogen and oxygen atoms in total. The van der Waals surface area contributed by atoms with Crippen LogP contribution < -0.4 is 0 Å². The summed E-state index contributed by atoms with van der Waals surface area (Å²) in [6.07, 6.45) is 5.87. The molecule has 0 amide bonds. The Morgan fingerprint density at radius 1 is 1.42 bits per heavy atom. The van der Waals surface area contributed by atoms with Crippen molar-refractivity contribution in [1.82, 2.24) is 0 Å². The van der Waals surface area contributed by atoms with Gasteiger partial charge < -0.3 is 5.11 Å². The summed E-state index contributed by atoms with van der Waals surface area (Å²) in [6.45, 7) is 1.84. The van der Waals surface area contributed by atoms with Gasteiger partial charge in [0.1, 0.15) is 3.42 Å². The van der Waals surface area contributed by atoms with Gasteiger partial charge in [0, 0.05) is 0 Å². The highest BCUT2D eigenvalue weighted by atomic mass is 127. The summed E-state index contributed by atoms with van der Waals surface area (Å²) >= 11 is 2.09. The van der Waals surface area contributed by atoms with E-state index in [1.54, 1.807) is 0 Å². The van der Waals surface area contributed by atoms with Gasteiger partial charge in [-0.3, -0.25) is 4.79 Å². The number of hydrogen-bond acceptors (Lipinski definition) is 1. The molecule has 1 aliphatic carbocycles. The molecule has 0 spiro atoms. The molecule has 1 saturated carbocycles. The lowest BCUT2D eigenvalue weighted by molar-refractivity contribution is -0.140. The molecule has 1 atom stereocenters. The predicted molar refractivity (Wildman–Crippen MR) is 56.6 cm³/mol. The molecule has 1 unspecified atom stereocenters. The first-order chi connectivity index (χ1) is 5.55. The minimum Gasteiger partial charge on any atom is -0.480 e. The normalized spacial score (nSPS) is 24.8. The van der Waals surface area contributed by atoms with Crippen LogP contribution in [0.2, 0.25) is 0 Å². The van der Waals surface area contributed by atoms with E-state index < -0.39 is 9.39 Å². The van der Waals surface area contributed by atoms with Gasteiger partial charge in [-0.05, 0) is 25.7 Å². The van der Waals surface area contributed by atoms with Crippen LogP contribution in [0.15, 0.2) is 0 Å². The van der Waals surface area contributed by atoms with Crippen molar-refractivity contribution >= 4 is 28.6 Å². The van der Waals surface area contributed by atoms with E-state index >= 15 is 0 Å². The summed E-state index contributed by atoms with van der Waals surface area (Å²) in [7, 11) is 0. The Kier molecular flexibility index (Phi) is 3.37. The molecule has 70 valence electrons. The molecule has 0 radical (unpaired) electrons. The molecule has 0 aromatic heterocycles. The second-order valence-electron chi connectivity index (χ2n) is 3.72. The molecule has 1 aliphatic rings. The Morgan fingerprint density at radius 2 is 1.92 bits per heavy atom. The van der Waals surface area contributed by atoms with Crippen molar-refractivity contribution in [1.29, 1.82) is 0 Å². The third-order valence-electron chi connectivity index (χ3n) is 2.79. The number of hydrogen-bond donors (Lipinski definition) is 1. The van der Waals surface area contributed by atoms with E-state index in [4.69, 9.17) is 5.11 Å². The average Bonchev–Trinajstić information content (AvgIpc) is 2.06. The molecule has 0 aliphatic heterocycles. The van der Waals surface area contributed by atoms with Crippen LogP contribution in [-0.2, 0) is 4.79 Å². The van der Waals surface area contributed by atoms with Gasteiger partial charge in [-0.15, -0.1) is 0 Å². The van der Waals surface area contributed by atoms with Crippen LogP contribution >= 0.6 is 22.6 Å². The van der Waals surface area contributed by atoms with Gasteiger partial charge >= 0.3 is 5.97 Å². The average molecular weight is 282 g/mol. The largest absolute Gasteiger partial charge is 0.480 e. The van der Waals surface area contributed by atoms with Gasteiger partial charge in [0.2, 0.25) is 0 Å². The van der Waals surface area contributed by atoms with Crippen molar-refractivity contribution in [2.24, 2.45) is 5.92 Å². The van der Waals surface area contributed by atoms with Crippen LogP contribution in [0.25, 0.3) is 0 Å². The first-order valence-corrected chi connectivity index (χ1v) is 5.55. The van der Waals surface area contributed by atoms with Crippen LogP contribution in [0.4, 0.5) is 0 Å². The Hall–Kier alpha value is 0.200. The summed E-state index contributed by atoms with van der Waals surface area (Å²) in [6, 6.07) is 0.